The highest BCUT2D eigenvalue weighted by molar-refractivity contribution is 5.93. The second-order valence-electron chi connectivity index (χ2n) is 5.31. The Morgan fingerprint density at radius 2 is 2.24 bits per heavy atom. The van der Waals surface area contributed by atoms with Crippen LogP contribution in [-0.4, -0.2) is 36.3 Å². The van der Waals surface area contributed by atoms with E-state index in [0.717, 1.165) is 32.2 Å². The summed E-state index contributed by atoms with van der Waals surface area (Å²) in [5.41, 5.74) is 5.92. The fourth-order valence-electron chi connectivity index (χ4n) is 2.46. The SMILES string of the molecule is NCc1cc(C(=O)NCCCN2CCCCCC2=O)co1. The van der Waals surface area contributed by atoms with Gasteiger partial charge in [0.15, 0.2) is 0 Å². The van der Waals surface area contributed by atoms with Crippen LogP contribution in [0.25, 0.3) is 0 Å². The average Bonchev–Trinajstić information content (AvgIpc) is 2.88. The van der Waals surface area contributed by atoms with Gasteiger partial charge in [-0.05, 0) is 25.3 Å². The number of hydrogen-bond donors (Lipinski definition) is 2. The lowest BCUT2D eigenvalue weighted by molar-refractivity contribution is -0.130. The van der Waals surface area contributed by atoms with Crippen molar-refractivity contribution >= 4 is 11.8 Å². The summed E-state index contributed by atoms with van der Waals surface area (Å²) in [5.74, 6) is 0.664. The number of nitrogens with one attached hydrogen (secondary N) is 1. The van der Waals surface area contributed by atoms with Gasteiger partial charge in [-0.3, -0.25) is 9.59 Å². The Kier molecular flexibility index (Phi) is 5.80. The fourth-order valence-corrected chi connectivity index (χ4v) is 2.46. The molecule has 3 N–H and O–H groups in total. The number of rotatable bonds is 6. The third-order valence-corrected chi connectivity index (χ3v) is 3.68. The maximum atomic E-state index is 11.9. The number of furan rings is 1. The zero-order chi connectivity index (χ0) is 15.1. The van der Waals surface area contributed by atoms with E-state index in [0.29, 0.717) is 30.8 Å². The second kappa shape index (κ2) is 7.83. The van der Waals surface area contributed by atoms with Gasteiger partial charge in [0.25, 0.3) is 5.91 Å². The summed E-state index contributed by atoms with van der Waals surface area (Å²) in [6.07, 6.45) is 6.03. The number of nitrogens with zero attached hydrogens (tertiary/aromatic N) is 1. The molecule has 1 fully saturated rings. The first-order chi connectivity index (χ1) is 10.2. The van der Waals surface area contributed by atoms with Gasteiger partial charge in [-0.15, -0.1) is 0 Å². The molecule has 2 rings (SSSR count). The van der Waals surface area contributed by atoms with Gasteiger partial charge in [0.2, 0.25) is 5.91 Å². The molecule has 2 amide bonds. The van der Waals surface area contributed by atoms with Crippen molar-refractivity contribution in [3.63, 3.8) is 0 Å². The molecule has 1 aliphatic rings. The summed E-state index contributed by atoms with van der Waals surface area (Å²) in [6.45, 7) is 2.38. The molecule has 116 valence electrons. The highest BCUT2D eigenvalue weighted by Gasteiger charge is 2.16. The molecule has 0 aliphatic carbocycles. The Hall–Kier alpha value is -1.82. The molecule has 0 spiro atoms. The van der Waals surface area contributed by atoms with Crippen molar-refractivity contribution in [2.45, 2.75) is 38.6 Å². The van der Waals surface area contributed by atoms with Gasteiger partial charge >= 0.3 is 0 Å². The summed E-state index contributed by atoms with van der Waals surface area (Å²) in [7, 11) is 0. The normalized spacial score (nSPS) is 15.9. The molecule has 6 heteroatoms. The summed E-state index contributed by atoms with van der Waals surface area (Å²) in [5, 5.41) is 2.83. The minimum Gasteiger partial charge on any atom is -0.467 e. The van der Waals surface area contributed by atoms with Crippen molar-refractivity contribution in [2.24, 2.45) is 5.73 Å². The van der Waals surface area contributed by atoms with E-state index < -0.39 is 0 Å². The first-order valence-corrected chi connectivity index (χ1v) is 7.54. The second-order valence-corrected chi connectivity index (χ2v) is 5.31. The van der Waals surface area contributed by atoms with Crippen molar-refractivity contribution in [3.8, 4) is 0 Å². The fraction of sp³-hybridized carbons (Fsp3) is 0.600. The predicted molar refractivity (Wildman–Crippen MR) is 78.6 cm³/mol. The number of amides is 2. The standard InChI is InChI=1S/C15H23N3O3/c16-10-13-9-12(11-21-13)15(20)17-6-4-8-18-7-3-1-2-5-14(18)19/h9,11H,1-8,10,16H2,(H,17,20). The number of carbonyl (C=O) groups is 2. The lowest BCUT2D eigenvalue weighted by Gasteiger charge is -2.20. The molecule has 2 heterocycles. The van der Waals surface area contributed by atoms with E-state index in [9.17, 15) is 9.59 Å². The summed E-state index contributed by atoms with van der Waals surface area (Å²) in [6, 6.07) is 1.65. The first-order valence-electron chi connectivity index (χ1n) is 7.54. The zero-order valence-corrected chi connectivity index (χ0v) is 12.3. The number of carbonyl (C=O) groups excluding carboxylic acids is 2. The lowest BCUT2D eigenvalue weighted by atomic mass is 10.2. The largest absolute Gasteiger partial charge is 0.467 e. The van der Waals surface area contributed by atoms with Gasteiger partial charge in [-0.2, -0.15) is 0 Å². The van der Waals surface area contributed by atoms with Gasteiger partial charge in [-0.1, -0.05) is 6.42 Å². The third-order valence-electron chi connectivity index (χ3n) is 3.68. The van der Waals surface area contributed by atoms with Crippen LogP contribution in [0.4, 0.5) is 0 Å². The molecule has 6 nitrogen and oxygen atoms in total. The van der Waals surface area contributed by atoms with Crippen molar-refractivity contribution < 1.29 is 14.0 Å². The highest BCUT2D eigenvalue weighted by Crippen LogP contribution is 2.11. The van der Waals surface area contributed by atoms with Crippen molar-refractivity contribution in [2.75, 3.05) is 19.6 Å². The van der Waals surface area contributed by atoms with E-state index in [-0.39, 0.29) is 18.4 Å². The van der Waals surface area contributed by atoms with E-state index in [1.807, 2.05) is 4.90 Å². The minimum absolute atomic E-state index is 0.166. The first kappa shape index (κ1) is 15.6. The van der Waals surface area contributed by atoms with Gasteiger partial charge < -0.3 is 20.4 Å². The average molecular weight is 293 g/mol. The highest BCUT2D eigenvalue weighted by atomic mass is 16.3. The van der Waals surface area contributed by atoms with Crippen LogP contribution in [0.2, 0.25) is 0 Å². The molecule has 0 radical (unpaired) electrons. The maximum absolute atomic E-state index is 11.9. The Labute approximate surface area is 124 Å². The summed E-state index contributed by atoms with van der Waals surface area (Å²) < 4.78 is 5.13. The molecule has 1 saturated heterocycles. The van der Waals surface area contributed by atoms with Gasteiger partial charge in [0.1, 0.15) is 12.0 Å². The smallest absolute Gasteiger partial charge is 0.254 e. The van der Waals surface area contributed by atoms with E-state index in [1.54, 1.807) is 6.07 Å². The Morgan fingerprint density at radius 3 is 3.00 bits per heavy atom. The van der Waals surface area contributed by atoms with Gasteiger partial charge in [-0.25, -0.2) is 0 Å². The molecule has 1 aromatic heterocycles. The molecule has 0 unspecified atom stereocenters. The van der Waals surface area contributed by atoms with Gasteiger partial charge in [0, 0.05) is 26.1 Å². The molecule has 0 saturated carbocycles. The molecule has 0 aromatic carbocycles. The molecular weight excluding hydrogens is 270 g/mol. The van der Waals surface area contributed by atoms with Crippen LogP contribution in [0.5, 0.6) is 0 Å². The molecule has 0 bridgehead atoms. The quantitative estimate of drug-likeness (QED) is 0.773. The predicted octanol–water partition coefficient (Wildman–Crippen LogP) is 1.26. The molecule has 21 heavy (non-hydrogen) atoms. The molecular formula is C15H23N3O3. The number of nitrogens with two attached hydrogens (primary N) is 1. The topological polar surface area (TPSA) is 88.6 Å². The van der Waals surface area contributed by atoms with Crippen LogP contribution in [0.1, 0.15) is 48.2 Å². The van der Waals surface area contributed by atoms with E-state index in [4.69, 9.17) is 10.2 Å². The van der Waals surface area contributed by atoms with Crippen LogP contribution in [0.15, 0.2) is 16.7 Å². The van der Waals surface area contributed by atoms with Crippen molar-refractivity contribution in [1.29, 1.82) is 0 Å². The molecule has 1 aromatic rings. The van der Waals surface area contributed by atoms with Crippen LogP contribution >= 0.6 is 0 Å². The van der Waals surface area contributed by atoms with Crippen LogP contribution in [0.3, 0.4) is 0 Å². The van der Waals surface area contributed by atoms with Crippen LogP contribution in [-0.2, 0) is 11.3 Å². The van der Waals surface area contributed by atoms with E-state index in [1.165, 1.54) is 6.26 Å². The Balaban J connectivity index is 1.69. The van der Waals surface area contributed by atoms with Crippen LogP contribution < -0.4 is 11.1 Å². The molecule has 1 aliphatic heterocycles. The Morgan fingerprint density at radius 1 is 1.38 bits per heavy atom. The number of hydrogen-bond acceptors (Lipinski definition) is 4. The monoisotopic (exact) mass is 293 g/mol. The Bertz CT molecular complexity index is 484. The van der Waals surface area contributed by atoms with Crippen LogP contribution in [0, 0.1) is 0 Å². The van der Waals surface area contributed by atoms with E-state index in [2.05, 4.69) is 5.32 Å². The van der Waals surface area contributed by atoms with E-state index >= 15 is 0 Å². The zero-order valence-electron chi connectivity index (χ0n) is 12.3. The number of likely N-dealkylation sites (tertiary alicyclic amines) is 1. The third kappa shape index (κ3) is 4.60. The maximum Gasteiger partial charge on any atom is 0.254 e. The summed E-state index contributed by atoms with van der Waals surface area (Å²) >= 11 is 0. The van der Waals surface area contributed by atoms with Gasteiger partial charge in [0.05, 0.1) is 12.1 Å². The molecule has 0 atom stereocenters. The van der Waals surface area contributed by atoms with Crippen molar-refractivity contribution in [1.82, 2.24) is 10.2 Å². The minimum atomic E-state index is -0.166. The lowest BCUT2D eigenvalue weighted by Crippen LogP contribution is -2.33. The van der Waals surface area contributed by atoms with Crippen molar-refractivity contribution in [3.05, 3.63) is 23.7 Å². The summed E-state index contributed by atoms with van der Waals surface area (Å²) in [4.78, 5) is 25.6.